The maximum Gasteiger partial charge on any atom is 0.333 e. The van der Waals surface area contributed by atoms with Gasteiger partial charge in [0.25, 0.3) is 11.8 Å². The first-order chi connectivity index (χ1) is 22.6. The maximum atomic E-state index is 13.8. The van der Waals surface area contributed by atoms with Crippen molar-refractivity contribution in [1.29, 1.82) is 0 Å². The lowest BCUT2D eigenvalue weighted by Gasteiger charge is -2.36. The molecule has 3 aliphatic heterocycles. The van der Waals surface area contributed by atoms with E-state index in [1.54, 1.807) is 0 Å². The monoisotopic (exact) mass is 696 g/mol. The van der Waals surface area contributed by atoms with Gasteiger partial charge < -0.3 is 9.80 Å². The number of carbonyl (C=O) groups is 3. The third-order valence-corrected chi connectivity index (χ3v) is 13.6. The van der Waals surface area contributed by atoms with Crippen LogP contribution in [-0.4, -0.2) is 87.5 Å². The minimum absolute atomic E-state index is 0.0554. The topological polar surface area (TPSA) is 64.2 Å². The van der Waals surface area contributed by atoms with Gasteiger partial charge in [0.1, 0.15) is 5.57 Å². The molecule has 3 heterocycles. The number of hydrogen-bond donors (Lipinski definition) is 0. The maximum absolute atomic E-state index is 13.8. The molecular formula is C39H54Cl2N4O3. The SMILES string of the molecule is CCN1/C(=C/C=C2\CC/C(=C\C=C3\N(CC)C4CCC(Cl)CC4C3(C)C)C2=C2C(=O)N(C)C(=O)N(C)C2=O)C(C)(C)C2CC(Cl)CCC21. The predicted octanol–water partition coefficient (Wildman–Crippen LogP) is 8.02. The molecule has 0 aromatic heterocycles. The normalized spacial score (nSPS) is 36.8. The van der Waals surface area contributed by atoms with Crippen molar-refractivity contribution >= 4 is 41.0 Å². The van der Waals surface area contributed by atoms with Crippen molar-refractivity contribution in [2.45, 2.75) is 116 Å². The zero-order valence-corrected chi connectivity index (χ0v) is 31.6. The number of likely N-dealkylation sites (tertiary alicyclic amines) is 2. The van der Waals surface area contributed by atoms with Crippen molar-refractivity contribution in [3.63, 3.8) is 0 Å². The summed E-state index contributed by atoms with van der Waals surface area (Å²) in [4.78, 5) is 47.5. The Kier molecular flexibility index (Phi) is 9.56. The molecule has 6 aliphatic rings. The second-order valence-electron chi connectivity index (χ2n) is 15.9. The van der Waals surface area contributed by atoms with Gasteiger partial charge >= 0.3 is 6.03 Å². The molecule has 7 nitrogen and oxygen atoms in total. The van der Waals surface area contributed by atoms with Gasteiger partial charge in [0.2, 0.25) is 0 Å². The number of nitrogens with zero attached hydrogens (tertiary/aromatic N) is 4. The van der Waals surface area contributed by atoms with E-state index in [1.165, 1.54) is 25.5 Å². The number of imide groups is 2. The number of carbonyl (C=O) groups excluding carboxylic acids is 3. The fourth-order valence-electron chi connectivity index (χ4n) is 10.2. The second-order valence-corrected chi connectivity index (χ2v) is 17.2. The van der Waals surface area contributed by atoms with Gasteiger partial charge in [-0.05, 0) is 106 Å². The summed E-state index contributed by atoms with van der Waals surface area (Å²) < 4.78 is 0. The highest BCUT2D eigenvalue weighted by Gasteiger charge is 2.53. The van der Waals surface area contributed by atoms with Crippen molar-refractivity contribution in [3.05, 3.63) is 58.0 Å². The third-order valence-electron chi connectivity index (χ3n) is 12.8. The van der Waals surface area contributed by atoms with Crippen LogP contribution in [0, 0.1) is 22.7 Å². The average molecular weight is 698 g/mol. The van der Waals surface area contributed by atoms with Crippen molar-refractivity contribution in [1.82, 2.24) is 19.6 Å². The summed E-state index contributed by atoms with van der Waals surface area (Å²) in [6.45, 7) is 15.6. The Bertz CT molecular complexity index is 1430. The van der Waals surface area contributed by atoms with Crippen LogP contribution in [0.5, 0.6) is 0 Å². The molecule has 6 rings (SSSR count). The molecule has 6 atom stereocenters. The zero-order valence-electron chi connectivity index (χ0n) is 30.1. The van der Waals surface area contributed by atoms with Gasteiger partial charge in [-0.1, -0.05) is 39.8 Å². The van der Waals surface area contributed by atoms with Crippen LogP contribution < -0.4 is 0 Å². The summed E-state index contributed by atoms with van der Waals surface area (Å²) in [6, 6.07) is 0.333. The molecule has 0 N–H and O–H groups in total. The number of alkyl halides is 2. The molecule has 0 radical (unpaired) electrons. The van der Waals surface area contributed by atoms with Gasteiger partial charge in [-0.25, -0.2) is 4.79 Å². The molecule has 0 aromatic carbocycles. The molecule has 262 valence electrons. The first-order valence-corrected chi connectivity index (χ1v) is 19.0. The van der Waals surface area contributed by atoms with Gasteiger partial charge in [0, 0.05) is 72.2 Å². The van der Waals surface area contributed by atoms with Crippen LogP contribution in [0.1, 0.15) is 92.9 Å². The molecule has 6 unspecified atom stereocenters. The number of hydrogen-bond acceptors (Lipinski definition) is 5. The highest BCUT2D eigenvalue weighted by atomic mass is 35.5. The molecule has 0 spiro atoms. The third kappa shape index (κ3) is 5.59. The van der Waals surface area contributed by atoms with E-state index in [0.29, 0.717) is 42.3 Å². The highest BCUT2D eigenvalue weighted by Crippen LogP contribution is 2.55. The largest absolute Gasteiger partial charge is 0.371 e. The Labute approximate surface area is 297 Å². The highest BCUT2D eigenvalue weighted by molar-refractivity contribution is 6.29. The van der Waals surface area contributed by atoms with Crippen molar-refractivity contribution in [3.8, 4) is 0 Å². The summed E-state index contributed by atoms with van der Waals surface area (Å²) >= 11 is 13.4. The first kappa shape index (κ1) is 35.3. The lowest BCUT2D eigenvalue weighted by molar-refractivity contribution is -0.134. The fourth-order valence-corrected chi connectivity index (χ4v) is 10.8. The quantitative estimate of drug-likeness (QED) is 0.169. The molecule has 0 bridgehead atoms. The number of likely N-dealkylation sites (N-methyl/N-ethyl adjacent to an activating group) is 2. The van der Waals surface area contributed by atoms with E-state index in [2.05, 4.69) is 75.6 Å². The van der Waals surface area contributed by atoms with E-state index in [4.69, 9.17) is 23.2 Å². The van der Waals surface area contributed by atoms with Crippen LogP contribution >= 0.6 is 23.2 Å². The summed E-state index contributed by atoms with van der Waals surface area (Å²) in [7, 11) is 2.91. The minimum Gasteiger partial charge on any atom is -0.371 e. The summed E-state index contributed by atoms with van der Waals surface area (Å²) in [5.74, 6) is -0.122. The average Bonchev–Trinajstić information content (AvgIpc) is 3.61. The molecule has 48 heavy (non-hydrogen) atoms. The van der Waals surface area contributed by atoms with Crippen LogP contribution in [0.4, 0.5) is 4.79 Å². The predicted molar refractivity (Wildman–Crippen MR) is 193 cm³/mol. The standard InChI is InChI=1S/C39H54Cl2N4O3/c1-9-44-29-17-15-25(40)21-27(29)38(3,4)31(44)19-13-23-11-12-24(33(23)34-35(46)42(7)37(48)43(8)36(34)47)14-20-32-39(5,6)28-22-26(41)16-18-30(28)45(32)10-2/h13-14,19-20,25-30H,9-12,15-18,21-22H2,1-8H3/b23-13+,24-14+,31-19+,32-20+. The zero-order chi connectivity index (χ0) is 34.9. The van der Waals surface area contributed by atoms with E-state index < -0.39 is 17.8 Å². The minimum atomic E-state index is -0.606. The lowest BCUT2D eigenvalue weighted by Crippen LogP contribution is -2.53. The van der Waals surface area contributed by atoms with E-state index in [9.17, 15) is 14.4 Å². The molecule has 9 heteroatoms. The number of amides is 4. The van der Waals surface area contributed by atoms with Gasteiger partial charge in [0.05, 0.1) is 0 Å². The second kappa shape index (κ2) is 13.0. The van der Waals surface area contributed by atoms with Gasteiger partial charge in [-0.3, -0.25) is 19.4 Å². The Morgan fingerprint density at radius 2 is 1.04 bits per heavy atom. The van der Waals surface area contributed by atoms with E-state index in [1.807, 2.05) is 0 Å². The molecule has 0 aromatic rings. The molecule has 6 fully saturated rings. The Morgan fingerprint density at radius 1 is 0.646 bits per heavy atom. The molecule has 4 amide bonds. The van der Waals surface area contributed by atoms with Crippen molar-refractivity contribution in [2.75, 3.05) is 27.2 Å². The number of urea groups is 1. The number of fused-ring (bicyclic) bond motifs is 2. The first-order valence-electron chi connectivity index (χ1n) is 18.1. The van der Waals surface area contributed by atoms with Crippen molar-refractivity contribution < 1.29 is 14.4 Å². The lowest BCUT2D eigenvalue weighted by atomic mass is 9.70. The van der Waals surface area contributed by atoms with Crippen LogP contribution in [0.15, 0.2) is 58.0 Å². The van der Waals surface area contributed by atoms with Gasteiger partial charge in [-0.2, -0.15) is 0 Å². The Morgan fingerprint density at radius 3 is 1.42 bits per heavy atom. The van der Waals surface area contributed by atoms with Crippen LogP contribution in [0.25, 0.3) is 0 Å². The smallest absolute Gasteiger partial charge is 0.333 e. The number of barbiturate groups is 1. The molecule has 3 aliphatic carbocycles. The molecule has 3 saturated carbocycles. The number of allylic oxidation sites excluding steroid dienone is 9. The Balaban J connectivity index is 1.46. The van der Waals surface area contributed by atoms with Crippen molar-refractivity contribution in [2.24, 2.45) is 22.7 Å². The fraction of sp³-hybridized carbons (Fsp3) is 0.667. The molecular weight excluding hydrogens is 643 g/mol. The van der Waals surface area contributed by atoms with E-state index in [-0.39, 0.29) is 27.2 Å². The van der Waals surface area contributed by atoms with Crippen LogP contribution in [-0.2, 0) is 9.59 Å². The van der Waals surface area contributed by atoms with Crippen LogP contribution in [0.2, 0.25) is 0 Å². The summed E-state index contributed by atoms with van der Waals surface area (Å²) in [6.07, 6.45) is 16.5. The number of halogens is 2. The van der Waals surface area contributed by atoms with Gasteiger partial charge in [0.15, 0.2) is 0 Å². The number of rotatable bonds is 4. The Hall–Kier alpha value is -2.51. The summed E-state index contributed by atoms with van der Waals surface area (Å²) in [5, 5.41) is 0.424. The van der Waals surface area contributed by atoms with Gasteiger partial charge in [-0.15, -0.1) is 23.2 Å². The summed E-state index contributed by atoms with van der Waals surface area (Å²) in [5.41, 5.74) is 5.17. The van der Waals surface area contributed by atoms with E-state index in [0.717, 1.165) is 72.6 Å². The van der Waals surface area contributed by atoms with E-state index >= 15 is 0 Å². The molecule has 3 saturated heterocycles. The van der Waals surface area contributed by atoms with Crippen LogP contribution in [0.3, 0.4) is 0 Å².